The predicted molar refractivity (Wildman–Crippen MR) is 140 cm³/mol. The molecule has 6 nitrogen and oxygen atoms in total. The average molecular weight is 548 g/mol. The van der Waals surface area contributed by atoms with Crippen LogP contribution in [0.4, 0.5) is 5.69 Å². The van der Waals surface area contributed by atoms with Crippen molar-refractivity contribution < 1.29 is 13.3 Å². The van der Waals surface area contributed by atoms with Crippen LogP contribution in [0.5, 0.6) is 0 Å². The first-order chi connectivity index (χ1) is 15.9. The summed E-state index contributed by atoms with van der Waals surface area (Å²) in [7, 11) is -3.90. The van der Waals surface area contributed by atoms with Crippen LogP contribution in [0.25, 0.3) is 0 Å². The lowest BCUT2D eigenvalue weighted by Gasteiger charge is -2.09. The van der Waals surface area contributed by atoms with Crippen LogP contribution in [0, 0.1) is 10.1 Å². The van der Waals surface area contributed by atoms with Crippen LogP contribution in [-0.2, 0) is 15.4 Å². The number of rotatable bonds is 21. The van der Waals surface area contributed by atoms with E-state index in [0.717, 1.165) is 19.3 Å². The van der Waals surface area contributed by atoms with Gasteiger partial charge in [0, 0.05) is 17.4 Å². The van der Waals surface area contributed by atoms with E-state index in [9.17, 15) is 18.5 Å². The van der Waals surface area contributed by atoms with Crippen LogP contribution in [0.2, 0.25) is 0 Å². The molecule has 0 aromatic heterocycles. The maximum Gasteiger partial charge on any atom is 0.293 e. The molecule has 0 heterocycles. The summed E-state index contributed by atoms with van der Waals surface area (Å²) in [5.41, 5.74) is -0.000803. The van der Waals surface area contributed by atoms with E-state index in [1.165, 1.54) is 95.6 Å². The molecule has 0 atom stereocenters. The molecule has 0 unspecified atom stereocenters. The van der Waals surface area contributed by atoms with Crippen molar-refractivity contribution in [2.45, 2.75) is 120 Å². The zero-order valence-electron chi connectivity index (χ0n) is 20.3. The fraction of sp³-hybridized carbons (Fsp3) is 0.760. The van der Waals surface area contributed by atoms with Crippen molar-refractivity contribution in [3.8, 4) is 0 Å². The third kappa shape index (κ3) is 12.9. The number of para-hydroxylation sites is 1. The molecule has 1 aromatic carbocycles. The van der Waals surface area contributed by atoms with Gasteiger partial charge >= 0.3 is 0 Å². The standard InChI is InChI=1S/C25H43BrN2O4S/c1-2-3-4-5-6-7-8-9-10-11-12-13-14-15-16-17-21-27-33(31,32)24-20-18-19-23(22-26)25(24)28(29)30/h18-20,27H,2-17,21-22H2,1H3. The molecule has 190 valence electrons. The van der Waals surface area contributed by atoms with E-state index in [1.54, 1.807) is 6.07 Å². The lowest BCUT2D eigenvalue weighted by molar-refractivity contribution is -0.388. The van der Waals surface area contributed by atoms with Gasteiger partial charge in [-0.25, -0.2) is 13.1 Å². The highest BCUT2D eigenvalue weighted by atomic mass is 79.9. The van der Waals surface area contributed by atoms with E-state index in [1.807, 2.05) is 0 Å². The maximum absolute atomic E-state index is 12.6. The Kier molecular flexibility index (Phi) is 16.7. The molecule has 33 heavy (non-hydrogen) atoms. The van der Waals surface area contributed by atoms with Gasteiger partial charge in [0.05, 0.1) is 4.92 Å². The molecule has 0 saturated carbocycles. The number of benzene rings is 1. The van der Waals surface area contributed by atoms with Crippen LogP contribution in [0.15, 0.2) is 23.1 Å². The second kappa shape index (κ2) is 18.4. The maximum atomic E-state index is 12.6. The number of nitro benzene ring substituents is 1. The lowest BCUT2D eigenvalue weighted by Crippen LogP contribution is -2.25. The normalized spacial score (nSPS) is 11.7. The summed E-state index contributed by atoms with van der Waals surface area (Å²) in [6, 6.07) is 4.38. The van der Waals surface area contributed by atoms with Gasteiger partial charge in [-0.05, 0) is 12.5 Å². The van der Waals surface area contributed by atoms with Gasteiger partial charge in [-0.3, -0.25) is 10.1 Å². The summed E-state index contributed by atoms with van der Waals surface area (Å²) in [5.74, 6) is 0. The fourth-order valence-corrected chi connectivity index (χ4v) is 5.80. The number of unbranched alkanes of at least 4 members (excludes halogenated alkanes) is 15. The van der Waals surface area contributed by atoms with Crippen LogP contribution in [0.1, 0.15) is 115 Å². The zero-order chi connectivity index (χ0) is 24.4. The van der Waals surface area contributed by atoms with Gasteiger partial charge < -0.3 is 0 Å². The Morgan fingerprint density at radius 3 is 1.70 bits per heavy atom. The third-order valence-electron chi connectivity index (χ3n) is 6.02. The minimum atomic E-state index is -3.90. The second-order valence-electron chi connectivity index (χ2n) is 8.86. The summed E-state index contributed by atoms with van der Waals surface area (Å²) in [5, 5.41) is 11.6. The number of nitro groups is 1. The number of halogens is 1. The van der Waals surface area contributed by atoms with E-state index in [4.69, 9.17) is 0 Å². The third-order valence-corrected chi connectivity index (χ3v) is 8.12. The van der Waals surface area contributed by atoms with Crippen molar-refractivity contribution in [3.63, 3.8) is 0 Å². The summed E-state index contributed by atoms with van der Waals surface area (Å²) >= 11 is 3.18. The van der Waals surface area contributed by atoms with Gasteiger partial charge in [-0.2, -0.15) is 0 Å². The van der Waals surface area contributed by atoms with Crippen molar-refractivity contribution >= 4 is 31.6 Å². The van der Waals surface area contributed by atoms with Gasteiger partial charge in [0.1, 0.15) is 0 Å². The van der Waals surface area contributed by atoms with E-state index in [0.29, 0.717) is 12.1 Å². The number of hydrogen-bond acceptors (Lipinski definition) is 4. The van der Waals surface area contributed by atoms with Crippen molar-refractivity contribution in [2.75, 3.05) is 6.54 Å². The van der Waals surface area contributed by atoms with Crippen LogP contribution in [-0.4, -0.2) is 19.9 Å². The fourth-order valence-electron chi connectivity index (χ4n) is 4.06. The summed E-state index contributed by atoms with van der Waals surface area (Å²) in [6.45, 7) is 2.56. The van der Waals surface area contributed by atoms with E-state index in [2.05, 4.69) is 27.6 Å². The number of sulfonamides is 1. The van der Waals surface area contributed by atoms with Crippen LogP contribution < -0.4 is 4.72 Å². The first-order valence-electron chi connectivity index (χ1n) is 12.8. The highest BCUT2D eigenvalue weighted by molar-refractivity contribution is 9.08. The van der Waals surface area contributed by atoms with Gasteiger partial charge in [0.15, 0.2) is 4.90 Å². The zero-order valence-corrected chi connectivity index (χ0v) is 22.7. The summed E-state index contributed by atoms with van der Waals surface area (Å²) in [6.07, 6.45) is 20.2. The van der Waals surface area contributed by atoms with E-state index in [-0.39, 0.29) is 15.9 Å². The van der Waals surface area contributed by atoms with Crippen LogP contribution >= 0.6 is 15.9 Å². The Hall–Kier alpha value is -0.990. The molecule has 0 spiro atoms. The smallest absolute Gasteiger partial charge is 0.258 e. The first kappa shape index (κ1) is 30.0. The number of hydrogen-bond donors (Lipinski definition) is 1. The highest BCUT2D eigenvalue weighted by Crippen LogP contribution is 2.29. The Balaban J connectivity index is 2.08. The lowest BCUT2D eigenvalue weighted by atomic mass is 10.0. The van der Waals surface area contributed by atoms with Crippen molar-refractivity contribution in [3.05, 3.63) is 33.9 Å². The summed E-state index contributed by atoms with van der Waals surface area (Å²) < 4.78 is 27.6. The molecule has 0 saturated heterocycles. The molecule has 1 N–H and O–H groups in total. The van der Waals surface area contributed by atoms with Crippen LogP contribution in [0.3, 0.4) is 0 Å². The topological polar surface area (TPSA) is 89.3 Å². The van der Waals surface area contributed by atoms with Crippen molar-refractivity contribution in [1.29, 1.82) is 0 Å². The summed E-state index contributed by atoms with van der Waals surface area (Å²) in [4.78, 5) is 10.5. The van der Waals surface area contributed by atoms with Gasteiger partial charge in [0.2, 0.25) is 10.0 Å². The van der Waals surface area contributed by atoms with Crippen molar-refractivity contribution in [1.82, 2.24) is 4.72 Å². The highest BCUT2D eigenvalue weighted by Gasteiger charge is 2.28. The quantitative estimate of drug-likeness (QED) is 0.0730. The minimum Gasteiger partial charge on any atom is -0.258 e. The Labute approximate surface area is 209 Å². The molecule has 8 heteroatoms. The molecule has 0 bridgehead atoms. The minimum absolute atomic E-state index is 0.228. The predicted octanol–water partition coefficient (Wildman–Crippen LogP) is 8.03. The molecule has 0 aliphatic carbocycles. The van der Waals surface area contributed by atoms with Crippen molar-refractivity contribution in [2.24, 2.45) is 0 Å². The Bertz CT molecular complexity index is 772. The number of nitrogens with one attached hydrogen (secondary N) is 1. The molecule has 1 rings (SSSR count). The molecule has 1 aromatic rings. The Morgan fingerprint density at radius 2 is 1.27 bits per heavy atom. The molecule has 0 amide bonds. The van der Waals surface area contributed by atoms with Gasteiger partial charge in [-0.15, -0.1) is 0 Å². The number of alkyl halides is 1. The molecular formula is C25H43BrN2O4S. The molecular weight excluding hydrogens is 504 g/mol. The van der Waals surface area contributed by atoms with E-state index >= 15 is 0 Å². The van der Waals surface area contributed by atoms with E-state index < -0.39 is 14.9 Å². The SMILES string of the molecule is CCCCCCCCCCCCCCCCCCNS(=O)(=O)c1cccc(CBr)c1[N+](=O)[O-]. The largest absolute Gasteiger partial charge is 0.293 e. The molecule has 0 aliphatic rings. The Morgan fingerprint density at radius 1 is 0.818 bits per heavy atom. The van der Waals surface area contributed by atoms with Gasteiger partial charge in [0.25, 0.3) is 5.69 Å². The molecule has 0 aliphatic heterocycles. The van der Waals surface area contributed by atoms with Gasteiger partial charge in [-0.1, -0.05) is 131 Å². The molecule has 0 fully saturated rings. The average Bonchev–Trinajstić information content (AvgIpc) is 2.80. The first-order valence-corrected chi connectivity index (χ1v) is 15.4. The number of nitrogens with zero attached hydrogens (tertiary/aromatic N) is 1. The second-order valence-corrected chi connectivity index (χ2v) is 11.2. The monoisotopic (exact) mass is 546 g/mol. The molecule has 0 radical (unpaired) electrons.